The van der Waals surface area contributed by atoms with Crippen molar-refractivity contribution in [3.05, 3.63) is 107 Å². The molecule has 3 aromatic rings. The molecule has 0 amide bonds. The summed E-state index contributed by atoms with van der Waals surface area (Å²) in [4.78, 5) is 1.61. The predicted octanol–water partition coefficient (Wildman–Crippen LogP) is 3.57. The van der Waals surface area contributed by atoms with Gasteiger partial charge in [0.2, 0.25) is 0 Å². The molecule has 1 N–H and O–H groups in total. The van der Waals surface area contributed by atoms with Gasteiger partial charge in [0.1, 0.15) is 6.04 Å². The number of hydrogen-bond donors (Lipinski definition) is 1. The molecule has 0 aromatic heterocycles. The number of aryl methyl sites for hydroxylation is 1. The van der Waals surface area contributed by atoms with E-state index >= 15 is 0 Å². The maximum absolute atomic E-state index is 4.74. The maximum Gasteiger partial charge on any atom is 0.139 e. The van der Waals surface area contributed by atoms with Crippen molar-refractivity contribution in [2.24, 2.45) is 5.10 Å². The van der Waals surface area contributed by atoms with Crippen molar-refractivity contribution >= 4 is 6.21 Å². The topological polar surface area (TPSA) is 20.0 Å². The number of benzene rings is 3. The second-order valence-electron chi connectivity index (χ2n) is 7.71. The molecule has 148 valence electrons. The SMILES string of the molecule is CCc1ccc(/C=N\N2CC[NH+](C(c3ccccc3)c3ccccc3)CC2)cc1. The fourth-order valence-corrected chi connectivity index (χ4v) is 4.13. The molecule has 1 fully saturated rings. The summed E-state index contributed by atoms with van der Waals surface area (Å²) >= 11 is 0. The lowest BCUT2D eigenvalue weighted by Crippen LogP contribution is -3.15. The van der Waals surface area contributed by atoms with Crippen molar-refractivity contribution in [2.45, 2.75) is 19.4 Å². The van der Waals surface area contributed by atoms with Crippen LogP contribution in [0.5, 0.6) is 0 Å². The molecule has 1 aliphatic heterocycles. The summed E-state index contributed by atoms with van der Waals surface area (Å²) in [7, 11) is 0. The fraction of sp³-hybridized carbons (Fsp3) is 0.269. The van der Waals surface area contributed by atoms with Crippen LogP contribution in [-0.4, -0.2) is 37.4 Å². The number of hydrogen-bond acceptors (Lipinski definition) is 2. The van der Waals surface area contributed by atoms with Gasteiger partial charge < -0.3 is 4.90 Å². The first-order valence-corrected chi connectivity index (χ1v) is 10.7. The molecule has 0 atom stereocenters. The molecule has 0 radical (unpaired) electrons. The highest BCUT2D eigenvalue weighted by atomic mass is 15.5. The lowest BCUT2D eigenvalue weighted by molar-refractivity contribution is -0.929. The molecule has 0 saturated carbocycles. The molecule has 0 aliphatic carbocycles. The maximum atomic E-state index is 4.74. The third kappa shape index (κ3) is 4.93. The Kier molecular flexibility index (Phi) is 6.38. The molecule has 3 heteroatoms. The van der Waals surface area contributed by atoms with E-state index in [2.05, 4.69) is 96.9 Å². The Morgan fingerprint density at radius 1 is 0.828 bits per heavy atom. The minimum Gasteiger partial charge on any atom is -0.322 e. The predicted molar refractivity (Wildman–Crippen MR) is 120 cm³/mol. The van der Waals surface area contributed by atoms with Crippen LogP contribution in [0, 0.1) is 0 Å². The average Bonchev–Trinajstić information content (AvgIpc) is 2.80. The van der Waals surface area contributed by atoms with E-state index in [1.807, 2.05) is 6.21 Å². The highest BCUT2D eigenvalue weighted by molar-refractivity contribution is 5.79. The largest absolute Gasteiger partial charge is 0.322 e. The minimum atomic E-state index is 0.380. The molecule has 29 heavy (non-hydrogen) atoms. The zero-order valence-electron chi connectivity index (χ0n) is 17.2. The van der Waals surface area contributed by atoms with Crippen molar-refractivity contribution in [3.8, 4) is 0 Å². The second kappa shape index (κ2) is 9.53. The summed E-state index contributed by atoms with van der Waals surface area (Å²) in [5, 5.41) is 6.96. The number of quaternary nitrogens is 1. The van der Waals surface area contributed by atoms with E-state index in [-0.39, 0.29) is 0 Å². The van der Waals surface area contributed by atoms with Gasteiger partial charge in [0.15, 0.2) is 0 Å². The zero-order chi connectivity index (χ0) is 19.9. The summed E-state index contributed by atoms with van der Waals surface area (Å²) in [6, 6.07) is 30.9. The van der Waals surface area contributed by atoms with Gasteiger partial charge >= 0.3 is 0 Å². The van der Waals surface area contributed by atoms with Gasteiger partial charge in [-0.2, -0.15) is 5.10 Å². The summed E-state index contributed by atoms with van der Waals surface area (Å²) in [6.45, 7) is 6.31. The van der Waals surface area contributed by atoms with E-state index in [0.717, 1.165) is 32.6 Å². The highest BCUT2D eigenvalue weighted by Crippen LogP contribution is 2.19. The molecule has 0 bridgehead atoms. The van der Waals surface area contributed by atoms with Crippen LogP contribution in [0.25, 0.3) is 0 Å². The monoisotopic (exact) mass is 384 g/mol. The first-order valence-electron chi connectivity index (χ1n) is 10.7. The molecular weight excluding hydrogens is 354 g/mol. The molecule has 3 nitrogen and oxygen atoms in total. The summed E-state index contributed by atoms with van der Waals surface area (Å²) in [6.07, 6.45) is 3.07. The normalized spacial score (nSPS) is 15.3. The Morgan fingerprint density at radius 2 is 1.38 bits per heavy atom. The van der Waals surface area contributed by atoms with Gasteiger partial charge in [-0.1, -0.05) is 91.9 Å². The molecule has 1 saturated heterocycles. The first-order chi connectivity index (χ1) is 14.3. The van der Waals surface area contributed by atoms with E-state index < -0.39 is 0 Å². The molecule has 4 rings (SSSR count). The van der Waals surface area contributed by atoms with Crippen LogP contribution >= 0.6 is 0 Å². The van der Waals surface area contributed by atoms with E-state index in [1.165, 1.54) is 22.3 Å². The van der Waals surface area contributed by atoms with E-state index in [9.17, 15) is 0 Å². The van der Waals surface area contributed by atoms with Crippen LogP contribution in [-0.2, 0) is 6.42 Å². The number of piperazine rings is 1. The van der Waals surface area contributed by atoms with Crippen LogP contribution in [0.2, 0.25) is 0 Å². The summed E-state index contributed by atoms with van der Waals surface area (Å²) in [5.74, 6) is 0. The van der Waals surface area contributed by atoms with Crippen LogP contribution in [0.15, 0.2) is 90.0 Å². The van der Waals surface area contributed by atoms with Crippen molar-refractivity contribution in [1.29, 1.82) is 0 Å². The first kappa shape index (κ1) is 19.4. The third-order valence-electron chi connectivity index (χ3n) is 5.81. The highest BCUT2D eigenvalue weighted by Gasteiger charge is 2.29. The Hall–Kier alpha value is -2.91. The van der Waals surface area contributed by atoms with Gasteiger partial charge in [-0.25, -0.2) is 0 Å². The van der Waals surface area contributed by atoms with Gasteiger partial charge in [-0.3, -0.25) is 5.01 Å². The molecule has 1 heterocycles. The van der Waals surface area contributed by atoms with Crippen molar-refractivity contribution in [2.75, 3.05) is 26.2 Å². The van der Waals surface area contributed by atoms with Crippen LogP contribution in [0.4, 0.5) is 0 Å². The average molecular weight is 385 g/mol. The van der Waals surface area contributed by atoms with Gasteiger partial charge in [-0.15, -0.1) is 0 Å². The van der Waals surface area contributed by atoms with Crippen molar-refractivity contribution in [3.63, 3.8) is 0 Å². The zero-order valence-corrected chi connectivity index (χ0v) is 17.2. The Bertz CT molecular complexity index is 856. The molecule has 0 unspecified atom stereocenters. The van der Waals surface area contributed by atoms with E-state index in [0.29, 0.717) is 6.04 Å². The number of hydrazone groups is 1. The lowest BCUT2D eigenvalue weighted by atomic mass is 9.96. The lowest BCUT2D eigenvalue weighted by Gasteiger charge is -2.35. The van der Waals surface area contributed by atoms with Crippen LogP contribution in [0.1, 0.15) is 35.2 Å². The number of nitrogens with zero attached hydrogens (tertiary/aromatic N) is 2. The molecule has 0 spiro atoms. The fourth-order valence-electron chi connectivity index (χ4n) is 4.13. The molecule has 3 aromatic carbocycles. The molecular formula is C26H30N3+. The molecule has 1 aliphatic rings. The third-order valence-corrected chi connectivity index (χ3v) is 5.81. The smallest absolute Gasteiger partial charge is 0.139 e. The Morgan fingerprint density at radius 3 is 1.90 bits per heavy atom. The minimum absolute atomic E-state index is 0.380. The number of nitrogens with one attached hydrogen (secondary N) is 1. The van der Waals surface area contributed by atoms with Gasteiger partial charge in [0, 0.05) is 11.1 Å². The van der Waals surface area contributed by atoms with Crippen molar-refractivity contribution < 1.29 is 4.90 Å². The second-order valence-corrected chi connectivity index (χ2v) is 7.71. The summed E-state index contributed by atoms with van der Waals surface area (Å²) in [5.41, 5.74) is 5.32. The van der Waals surface area contributed by atoms with E-state index in [1.54, 1.807) is 4.90 Å². The van der Waals surface area contributed by atoms with Gasteiger partial charge in [-0.05, 0) is 17.5 Å². The van der Waals surface area contributed by atoms with Crippen LogP contribution < -0.4 is 4.90 Å². The Labute approximate surface area is 174 Å². The van der Waals surface area contributed by atoms with Crippen LogP contribution in [0.3, 0.4) is 0 Å². The number of rotatable bonds is 6. The quantitative estimate of drug-likeness (QED) is 0.644. The standard InChI is InChI=1S/C26H29N3/c1-2-22-13-15-23(16-14-22)21-27-29-19-17-28(18-20-29)26(24-9-5-3-6-10-24)25-11-7-4-8-12-25/h3-16,21,26H,2,17-20H2,1H3/p+1/b27-21-. The van der Waals surface area contributed by atoms with Gasteiger partial charge in [0.05, 0.1) is 32.4 Å². The van der Waals surface area contributed by atoms with Crippen molar-refractivity contribution in [1.82, 2.24) is 5.01 Å². The van der Waals surface area contributed by atoms with Gasteiger partial charge in [0.25, 0.3) is 0 Å². The Balaban J connectivity index is 1.43. The summed E-state index contributed by atoms with van der Waals surface area (Å²) < 4.78 is 0. The van der Waals surface area contributed by atoms with E-state index in [4.69, 9.17) is 5.10 Å².